The molecule has 6 aliphatic rings. The molecule has 0 unspecified atom stereocenters. The molecular weight excluding hydrogens is 605 g/mol. The van der Waals surface area contributed by atoms with Crippen LogP contribution in [0, 0.1) is 34.5 Å². The first-order valence-electron chi connectivity index (χ1n) is 17.0. The molecule has 1 N–H and O–H groups in total. The lowest BCUT2D eigenvalue weighted by Gasteiger charge is -2.64. The standard InChI is InChI=1S/C35H47BF2N4O5/c1-32(2,42-14-12-35(37,38)22-42)17-25(18-39)30(43)41-13-11-23(20-41)21-45-31(44)40-19-27(24-9-7-6-8-10-24)36-46-29-16-26-15-28(33(26,3)4)34(29,5)47-36/h6-10,17,23,26-29H,11-16,19-22H2,1-5H3,(H,40,44)/t23-,26-,27-,28-,29+,34-/m0/s1. The van der Waals surface area contributed by atoms with Crippen molar-refractivity contribution in [3.05, 3.63) is 47.5 Å². The number of nitrogens with one attached hydrogen (secondary N) is 1. The van der Waals surface area contributed by atoms with Gasteiger partial charge in [-0.1, -0.05) is 44.2 Å². The second-order valence-electron chi connectivity index (χ2n) is 15.6. The third-order valence-corrected chi connectivity index (χ3v) is 11.8. The highest BCUT2D eigenvalue weighted by atomic mass is 19.3. The predicted molar refractivity (Wildman–Crippen MR) is 172 cm³/mol. The average Bonchev–Trinajstić information content (AvgIpc) is 3.75. The summed E-state index contributed by atoms with van der Waals surface area (Å²) in [5.41, 5.74) is -0.0612. The number of hydrogen-bond acceptors (Lipinski definition) is 7. The molecule has 3 aliphatic heterocycles. The number of ether oxygens (including phenoxy) is 1. The number of alkyl carbamates (subject to hydrolysis) is 1. The monoisotopic (exact) mass is 652 g/mol. The molecule has 6 fully saturated rings. The van der Waals surface area contributed by atoms with E-state index in [1.54, 1.807) is 23.6 Å². The van der Waals surface area contributed by atoms with Crippen molar-refractivity contribution in [2.24, 2.45) is 23.2 Å². The number of carbonyl (C=O) groups is 2. The van der Waals surface area contributed by atoms with Crippen LogP contribution in [0.25, 0.3) is 0 Å². The zero-order valence-electron chi connectivity index (χ0n) is 28.1. The Morgan fingerprint density at radius 2 is 1.96 bits per heavy atom. The maximum absolute atomic E-state index is 13.8. The van der Waals surface area contributed by atoms with Gasteiger partial charge in [-0.25, -0.2) is 13.6 Å². The molecule has 3 aliphatic carbocycles. The van der Waals surface area contributed by atoms with E-state index in [4.69, 9.17) is 14.0 Å². The van der Waals surface area contributed by atoms with Gasteiger partial charge in [-0.15, -0.1) is 0 Å². The first kappa shape index (κ1) is 33.9. The van der Waals surface area contributed by atoms with Crippen LogP contribution in [-0.2, 0) is 18.8 Å². The van der Waals surface area contributed by atoms with Crippen molar-refractivity contribution in [3.8, 4) is 6.07 Å². The van der Waals surface area contributed by atoms with E-state index in [2.05, 4.69) is 26.1 Å². The molecule has 3 heterocycles. The van der Waals surface area contributed by atoms with Gasteiger partial charge in [0.05, 0.1) is 24.9 Å². The predicted octanol–water partition coefficient (Wildman–Crippen LogP) is 5.18. The van der Waals surface area contributed by atoms with Gasteiger partial charge >= 0.3 is 13.2 Å². The summed E-state index contributed by atoms with van der Waals surface area (Å²) in [7, 11) is -0.494. The highest BCUT2D eigenvalue weighted by Crippen LogP contribution is 2.66. The van der Waals surface area contributed by atoms with Gasteiger partial charge in [-0.3, -0.25) is 9.69 Å². The summed E-state index contributed by atoms with van der Waals surface area (Å²) in [6.45, 7) is 11.3. The van der Waals surface area contributed by atoms with Crippen LogP contribution in [0.1, 0.15) is 71.7 Å². The number of alkyl halides is 2. The topological polar surface area (TPSA) is 104 Å². The Bertz CT molecular complexity index is 1430. The normalized spacial score (nSPS) is 31.9. The Morgan fingerprint density at radius 3 is 2.62 bits per heavy atom. The molecule has 6 atom stereocenters. The van der Waals surface area contributed by atoms with Crippen molar-refractivity contribution in [3.63, 3.8) is 0 Å². The minimum absolute atomic E-state index is 0.0305. The van der Waals surface area contributed by atoms with Crippen LogP contribution in [0.5, 0.6) is 0 Å². The largest absolute Gasteiger partial charge is 0.467 e. The van der Waals surface area contributed by atoms with Crippen molar-refractivity contribution >= 4 is 19.1 Å². The fraction of sp³-hybridized carbons (Fsp3) is 0.686. The smallest absolute Gasteiger partial charge is 0.449 e. The molecule has 9 nitrogen and oxygen atoms in total. The van der Waals surface area contributed by atoms with Crippen LogP contribution >= 0.6 is 0 Å². The van der Waals surface area contributed by atoms with E-state index >= 15 is 0 Å². The summed E-state index contributed by atoms with van der Waals surface area (Å²) in [6, 6.07) is 11.9. The van der Waals surface area contributed by atoms with Gasteiger partial charge in [0.1, 0.15) is 11.6 Å². The number of nitriles is 1. The van der Waals surface area contributed by atoms with Gasteiger partial charge in [0.2, 0.25) is 0 Å². The first-order valence-corrected chi connectivity index (χ1v) is 17.0. The summed E-state index contributed by atoms with van der Waals surface area (Å²) in [4.78, 5) is 29.3. The Labute approximate surface area is 277 Å². The maximum Gasteiger partial charge on any atom is 0.467 e. The quantitative estimate of drug-likeness (QED) is 0.223. The number of halogens is 2. The number of amides is 2. The fourth-order valence-electron chi connectivity index (χ4n) is 8.72. The number of carbonyl (C=O) groups excluding carboxylic acids is 2. The maximum atomic E-state index is 13.8. The third-order valence-electron chi connectivity index (χ3n) is 11.8. The zero-order chi connectivity index (χ0) is 33.8. The summed E-state index contributed by atoms with van der Waals surface area (Å²) >= 11 is 0. The van der Waals surface area contributed by atoms with E-state index < -0.39 is 37.1 Å². The van der Waals surface area contributed by atoms with Gasteiger partial charge in [0.15, 0.2) is 0 Å². The van der Waals surface area contributed by atoms with Crippen LogP contribution in [0.4, 0.5) is 13.6 Å². The van der Waals surface area contributed by atoms with Gasteiger partial charge in [0, 0.05) is 49.9 Å². The molecule has 2 bridgehead atoms. The van der Waals surface area contributed by atoms with Gasteiger partial charge in [-0.2, -0.15) is 5.26 Å². The molecule has 2 amide bonds. The average molecular weight is 653 g/mol. The second kappa shape index (κ2) is 12.5. The van der Waals surface area contributed by atoms with Gasteiger partial charge < -0.3 is 24.3 Å². The molecule has 254 valence electrons. The molecule has 0 spiro atoms. The number of rotatable bonds is 9. The second-order valence-corrected chi connectivity index (χ2v) is 15.6. The molecule has 7 rings (SSSR count). The van der Waals surface area contributed by atoms with E-state index in [0.717, 1.165) is 18.4 Å². The SMILES string of the molecule is CC1(C)[C@@H]2C[C@H]3OB([C@@H](CNC(=O)OC[C@H]4CCN(C(=O)C(C#N)=CC(C)(C)N5CCC(F)(F)C5)C4)c4ccccc4)O[C@@]3(C)[C@H]1C2. The molecule has 3 saturated heterocycles. The van der Waals surface area contributed by atoms with Crippen LogP contribution in [0.2, 0.25) is 0 Å². The molecule has 47 heavy (non-hydrogen) atoms. The summed E-state index contributed by atoms with van der Waals surface area (Å²) < 4.78 is 46.5. The van der Waals surface area contributed by atoms with Crippen molar-refractivity contribution in [1.29, 1.82) is 5.26 Å². The third kappa shape index (κ3) is 6.55. The van der Waals surface area contributed by atoms with Crippen molar-refractivity contribution in [1.82, 2.24) is 15.1 Å². The highest BCUT2D eigenvalue weighted by Gasteiger charge is 2.68. The molecule has 0 aromatic heterocycles. The fourth-order valence-corrected chi connectivity index (χ4v) is 8.72. The van der Waals surface area contributed by atoms with Crippen molar-refractivity contribution in [2.45, 2.75) is 89.3 Å². The van der Waals surface area contributed by atoms with Gasteiger partial charge in [-0.05, 0) is 68.9 Å². The van der Waals surface area contributed by atoms with Crippen LogP contribution in [0.15, 0.2) is 42.0 Å². The molecule has 1 aromatic rings. The Balaban J connectivity index is 1.01. The Kier molecular flexibility index (Phi) is 8.98. The molecule has 12 heteroatoms. The van der Waals surface area contributed by atoms with E-state index in [0.29, 0.717) is 31.3 Å². The first-order chi connectivity index (χ1) is 22.1. The lowest BCUT2D eigenvalue weighted by molar-refractivity contribution is -0.199. The summed E-state index contributed by atoms with van der Waals surface area (Å²) in [5, 5.41) is 12.7. The van der Waals surface area contributed by atoms with E-state index in [-0.39, 0.29) is 60.5 Å². The number of likely N-dealkylation sites (tertiary alicyclic amines) is 2. The molecule has 3 saturated carbocycles. The minimum atomic E-state index is -2.77. The molecule has 1 aromatic carbocycles. The summed E-state index contributed by atoms with van der Waals surface area (Å²) in [5.74, 6) is -2.45. The van der Waals surface area contributed by atoms with Crippen molar-refractivity contribution in [2.75, 3.05) is 39.3 Å². The minimum Gasteiger partial charge on any atom is -0.449 e. The van der Waals surface area contributed by atoms with Crippen LogP contribution in [0.3, 0.4) is 0 Å². The highest BCUT2D eigenvalue weighted by molar-refractivity contribution is 6.47. The lowest BCUT2D eigenvalue weighted by atomic mass is 9.43. The molecular formula is C35H47BF2N4O5. The van der Waals surface area contributed by atoms with Crippen LogP contribution < -0.4 is 5.32 Å². The Morgan fingerprint density at radius 1 is 1.21 bits per heavy atom. The number of nitrogens with zero attached hydrogens (tertiary/aromatic N) is 3. The number of benzene rings is 1. The van der Waals surface area contributed by atoms with E-state index in [1.165, 1.54) is 6.08 Å². The Hall–Kier alpha value is -3.01. The number of hydrogen-bond donors (Lipinski definition) is 1. The van der Waals surface area contributed by atoms with Crippen LogP contribution in [-0.4, -0.2) is 91.4 Å². The van der Waals surface area contributed by atoms with E-state index in [1.807, 2.05) is 36.4 Å². The molecule has 0 radical (unpaired) electrons. The van der Waals surface area contributed by atoms with Crippen molar-refractivity contribution < 1.29 is 32.4 Å². The summed E-state index contributed by atoms with van der Waals surface area (Å²) in [6.07, 6.45) is 3.49. The van der Waals surface area contributed by atoms with E-state index in [9.17, 15) is 23.6 Å². The zero-order valence-corrected chi connectivity index (χ0v) is 28.1. The van der Waals surface area contributed by atoms with Gasteiger partial charge in [0.25, 0.3) is 11.8 Å². The lowest BCUT2D eigenvalue weighted by Crippen LogP contribution is -2.65.